The molecule has 2 rings (SSSR count). The van der Waals surface area contributed by atoms with Gasteiger partial charge < -0.3 is 5.32 Å². The van der Waals surface area contributed by atoms with Gasteiger partial charge in [-0.25, -0.2) is 4.39 Å². The quantitative estimate of drug-likeness (QED) is 0.906. The molecule has 0 unspecified atom stereocenters. The van der Waals surface area contributed by atoms with E-state index in [-0.39, 0.29) is 11.7 Å². The minimum atomic E-state index is -0.375. The lowest BCUT2D eigenvalue weighted by atomic mass is 10.2. The van der Waals surface area contributed by atoms with Gasteiger partial charge in [0.05, 0.1) is 0 Å². The minimum Gasteiger partial charge on any atom is -0.320 e. The predicted octanol–water partition coefficient (Wildman–Crippen LogP) is 2.60. The Morgan fingerprint density at radius 1 is 1.44 bits per heavy atom. The van der Waals surface area contributed by atoms with Crippen molar-refractivity contribution < 1.29 is 9.18 Å². The van der Waals surface area contributed by atoms with Gasteiger partial charge in [0.2, 0.25) is 0 Å². The van der Waals surface area contributed by atoms with Crippen LogP contribution in [-0.4, -0.2) is 15.7 Å². The van der Waals surface area contributed by atoms with Gasteiger partial charge in [-0.05, 0) is 37.6 Å². The highest BCUT2D eigenvalue weighted by molar-refractivity contribution is 6.03. The van der Waals surface area contributed by atoms with Crippen molar-refractivity contribution in [3.8, 4) is 0 Å². The van der Waals surface area contributed by atoms with E-state index in [2.05, 4.69) is 10.4 Å². The Balaban J connectivity index is 2.24. The number of benzene rings is 1. The van der Waals surface area contributed by atoms with Gasteiger partial charge in [-0.1, -0.05) is 6.07 Å². The number of rotatable bonds is 3. The van der Waals surface area contributed by atoms with E-state index in [0.29, 0.717) is 17.9 Å². The van der Waals surface area contributed by atoms with Crippen LogP contribution >= 0.6 is 0 Å². The summed E-state index contributed by atoms with van der Waals surface area (Å²) in [6.07, 6.45) is 1.57. The first-order valence-corrected chi connectivity index (χ1v) is 5.71. The fraction of sp³-hybridized carbons (Fsp3) is 0.231. The van der Waals surface area contributed by atoms with E-state index in [0.717, 1.165) is 5.56 Å². The van der Waals surface area contributed by atoms with Gasteiger partial charge in [0.15, 0.2) is 0 Å². The maximum absolute atomic E-state index is 13.1. The molecule has 0 saturated heterocycles. The van der Waals surface area contributed by atoms with Crippen LogP contribution in [0.3, 0.4) is 0 Å². The molecule has 0 fully saturated rings. The summed E-state index contributed by atoms with van der Waals surface area (Å²) < 4.78 is 14.7. The molecule has 1 heterocycles. The van der Waals surface area contributed by atoms with Gasteiger partial charge in [0, 0.05) is 18.4 Å². The van der Waals surface area contributed by atoms with Crippen LogP contribution in [0.1, 0.15) is 23.0 Å². The van der Waals surface area contributed by atoms with Crippen LogP contribution < -0.4 is 5.32 Å². The fourth-order valence-corrected chi connectivity index (χ4v) is 1.69. The molecule has 0 saturated carbocycles. The Morgan fingerprint density at radius 3 is 2.94 bits per heavy atom. The summed E-state index contributed by atoms with van der Waals surface area (Å²) in [5.41, 5.74) is 1.75. The van der Waals surface area contributed by atoms with Gasteiger partial charge in [-0.3, -0.25) is 9.48 Å². The number of hydrogen-bond acceptors (Lipinski definition) is 2. The lowest BCUT2D eigenvalue weighted by Gasteiger charge is -2.09. The van der Waals surface area contributed by atoms with Crippen molar-refractivity contribution in [2.24, 2.45) is 0 Å². The molecule has 1 N–H and O–H groups in total. The third-order valence-corrected chi connectivity index (χ3v) is 2.70. The predicted molar refractivity (Wildman–Crippen MR) is 67.0 cm³/mol. The van der Waals surface area contributed by atoms with Crippen LogP contribution in [0, 0.1) is 12.7 Å². The molecule has 0 atom stereocenters. The lowest BCUT2D eigenvalue weighted by molar-refractivity contribution is 0.101. The molecule has 0 radical (unpaired) electrons. The first-order chi connectivity index (χ1) is 8.61. The molecule has 0 aliphatic carbocycles. The Labute approximate surface area is 104 Å². The second-order valence-corrected chi connectivity index (χ2v) is 3.95. The number of carbonyl (C=O) groups is 1. The molecule has 0 aliphatic rings. The largest absolute Gasteiger partial charge is 0.320 e. The second-order valence-electron chi connectivity index (χ2n) is 3.95. The molecule has 1 amide bonds. The average Bonchev–Trinajstić information content (AvgIpc) is 2.82. The molecule has 0 spiro atoms. The van der Waals surface area contributed by atoms with E-state index in [1.165, 1.54) is 12.1 Å². The number of nitrogens with one attached hydrogen (secondary N) is 1. The lowest BCUT2D eigenvalue weighted by Crippen LogP contribution is -2.18. The minimum absolute atomic E-state index is 0.289. The first kappa shape index (κ1) is 12.3. The number of aromatic nitrogens is 2. The topological polar surface area (TPSA) is 46.9 Å². The number of nitrogens with zero attached hydrogens (tertiary/aromatic N) is 2. The third kappa shape index (κ3) is 2.40. The number of hydrogen-bond donors (Lipinski definition) is 1. The zero-order valence-corrected chi connectivity index (χ0v) is 10.3. The van der Waals surface area contributed by atoms with E-state index in [4.69, 9.17) is 0 Å². The van der Waals surface area contributed by atoms with Crippen LogP contribution in [0.25, 0.3) is 0 Å². The maximum Gasteiger partial charge on any atom is 0.273 e. The van der Waals surface area contributed by atoms with Gasteiger partial charge in [0.1, 0.15) is 11.5 Å². The van der Waals surface area contributed by atoms with Crippen molar-refractivity contribution in [3.05, 3.63) is 47.5 Å². The van der Waals surface area contributed by atoms with Crippen LogP contribution in [0.5, 0.6) is 0 Å². The first-order valence-electron chi connectivity index (χ1n) is 5.71. The second kappa shape index (κ2) is 5.00. The van der Waals surface area contributed by atoms with Crippen molar-refractivity contribution in [1.82, 2.24) is 9.78 Å². The Hall–Kier alpha value is -2.17. The Bertz CT molecular complexity index is 577. The molecule has 18 heavy (non-hydrogen) atoms. The van der Waals surface area contributed by atoms with Gasteiger partial charge >= 0.3 is 0 Å². The maximum atomic E-state index is 13.1. The van der Waals surface area contributed by atoms with Gasteiger partial charge in [-0.2, -0.15) is 5.10 Å². The van der Waals surface area contributed by atoms with Crippen molar-refractivity contribution >= 4 is 11.6 Å². The summed E-state index contributed by atoms with van der Waals surface area (Å²) in [6, 6.07) is 5.93. The smallest absolute Gasteiger partial charge is 0.273 e. The zero-order valence-electron chi connectivity index (χ0n) is 10.3. The van der Waals surface area contributed by atoms with Gasteiger partial charge in [0.25, 0.3) is 5.91 Å². The van der Waals surface area contributed by atoms with E-state index >= 15 is 0 Å². The van der Waals surface area contributed by atoms with Gasteiger partial charge in [-0.15, -0.1) is 0 Å². The molecule has 4 nitrogen and oxygen atoms in total. The van der Waals surface area contributed by atoms with Crippen LogP contribution in [0.15, 0.2) is 30.5 Å². The van der Waals surface area contributed by atoms with Crippen LogP contribution in [0.4, 0.5) is 10.1 Å². The average molecular weight is 247 g/mol. The number of anilines is 1. The molecule has 1 aromatic carbocycles. The molecular weight excluding hydrogens is 233 g/mol. The number of aryl methyl sites for hydroxylation is 2. The summed E-state index contributed by atoms with van der Waals surface area (Å²) in [7, 11) is 0. The fourth-order valence-electron chi connectivity index (χ4n) is 1.69. The Morgan fingerprint density at radius 2 is 2.22 bits per heavy atom. The van der Waals surface area contributed by atoms with E-state index < -0.39 is 0 Å². The van der Waals surface area contributed by atoms with E-state index in [1.807, 2.05) is 13.8 Å². The molecule has 1 aromatic heterocycles. The molecule has 0 aliphatic heterocycles. The highest BCUT2D eigenvalue weighted by Crippen LogP contribution is 2.17. The molecule has 94 valence electrons. The van der Waals surface area contributed by atoms with E-state index in [1.54, 1.807) is 23.0 Å². The summed E-state index contributed by atoms with van der Waals surface area (Å²) in [6.45, 7) is 4.32. The summed E-state index contributed by atoms with van der Waals surface area (Å²) in [5, 5.41) is 6.71. The van der Waals surface area contributed by atoms with Crippen molar-refractivity contribution in [2.45, 2.75) is 20.4 Å². The highest BCUT2D eigenvalue weighted by Gasteiger charge is 2.12. The van der Waals surface area contributed by atoms with Crippen molar-refractivity contribution in [2.75, 3.05) is 5.32 Å². The normalized spacial score (nSPS) is 10.4. The standard InChI is InChI=1S/C13H14FN3O/c1-3-17-12(6-7-15-17)13(18)16-11-8-10(14)5-4-9(11)2/h4-8H,3H2,1-2H3,(H,16,18). The van der Waals surface area contributed by atoms with Crippen LogP contribution in [-0.2, 0) is 6.54 Å². The van der Waals surface area contributed by atoms with E-state index in [9.17, 15) is 9.18 Å². The summed E-state index contributed by atoms with van der Waals surface area (Å²) >= 11 is 0. The molecule has 2 aromatic rings. The zero-order chi connectivity index (χ0) is 13.1. The number of amides is 1. The molecule has 5 heteroatoms. The highest BCUT2D eigenvalue weighted by atomic mass is 19.1. The third-order valence-electron chi connectivity index (χ3n) is 2.70. The SMILES string of the molecule is CCn1nccc1C(=O)Nc1cc(F)ccc1C. The monoisotopic (exact) mass is 247 g/mol. The number of carbonyl (C=O) groups excluding carboxylic acids is 1. The van der Waals surface area contributed by atoms with Crippen molar-refractivity contribution in [1.29, 1.82) is 0 Å². The molecular formula is C13H14FN3O. The Kier molecular flexibility index (Phi) is 3.41. The number of halogens is 1. The van der Waals surface area contributed by atoms with Crippen molar-refractivity contribution in [3.63, 3.8) is 0 Å². The summed E-state index contributed by atoms with van der Waals surface area (Å²) in [5.74, 6) is -0.664. The molecule has 0 bridgehead atoms. The summed E-state index contributed by atoms with van der Waals surface area (Å²) in [4.78, 5) is 12.0. The van der Waals surface area contributed by atoms with Crippen LogP contribution in [0.2, 0.25) is 0 Å².